The quantitative estimate of drug-likeness (QED) is 0.385. The summed E-state index contributed by atoms with van der Waals surface area (Å²) in [6.45, 7) is 4.83. The van der Waals surface area contributed by atoms with Gasteiger partial charge in [0.15, 0.2) is 17.9 Å². The van der Waals surface area contributed by atoms with E-state index in [2.05, 4.69) is 39.1 Å². The highest BCUT2D eigenvalue weighted by molar-refractivity contribution is 5.79. The van der Waals surface area contributed by atoms with Crippen LogP contribution < -0.4 is 21.1 Å². The molecule has 3 aliphatic rings. The molecular weight excluding hydrogens is 572 g/mol. The summed E-state index contributed by atoms with van der Waals surface area (Å²) in [6, 6.07) is 14.2. The zero-order valence-electron chi connectivity index (χ0n) is 25.2. The van der Waals surface area contributed by atoms with Crippen molar-refractivity contribution in [3.05, 3.63) is 84.0 Å². The first-order valence-electron chi connectivity index (χ1n) is 14.2. The van der Waals surface area contributed by atoms with Crippen molar-refractivity contribution in [1.82, 2.24) is 15.5 Å². The second-order valence-electron chi connectivity index (χ2n) is 9.93. The maximum atomic E-state index is 13.6. The maximum Gasteiger partial charge on any atom is 0.227 e. The van der Waals surface area contributed by atoms with Gasteiger partial charge in [-0.25, -0.2) is 8.78 Å². The number of methoxy groups -OCH3 is 1. The Morgan fingerprint density at radius 1 is 1.25 bits per heavy atom. The summed E-state index contributed by atoms with van der Waals surface area (Å²) >= 11 is 0. The van der Waals surface area contributed by atoms with Crippen LogP contribution in [0, 0.1) is 11.7 Å². The highest BCUT2D eigenvalue weighted by atomic mass is 19.1. The summed E-state index contributed by atoms with van der Waals surface area (Å²) in [5.74, 6) is 0.797. The molecule has 3 amide bonds. The van der Waals surface area contributed by atoms with Crippen LogP contribution in [0.3, 0.4) is 0 Å². The van der Waals surface area contributed by atoms with Gasteiger partial charge in [-0.15, -0.1) is 0 Å². The number of primary amides is 1. The molecule has 3 aliphatic heterocycles. The van der Waals surface area contributed by atoms with Crippen LogP contribution >= 0.6 is 0 Å². The molecule has 0 spiro atoms. The molecule has 4 N–H and O–H groups in total. The van der Waals surface area contributed by atoms with Crippen molar-refractivity contribution in [1.29, 1.82) is 0 Å². The van der Waals surface area contributed by atoms with E-state index < -0.39 is 12.2 Å². The minimum absolute atomic E-state index is 0.137. The number of carbonyl (C=O) groups is 3. The Morgan fingerprint density at radius 3 is 2.59 bits per heavy atom. The van der Waals surface area contributed by atoms with Crippen LogP contribution in [0.4, 0.5) is 8.78 Å². The summed E-state index contributed by atoms with van der Waals surface area (Å²) in [4.78, 5) is 37.0. The van der Waals surface area contributed by atoms with Gasteiger partial charge >= 0.3 is 0 Å². The molecule has 238 valence electrons. The van der Waals surface area contributed by atoms with E-state index in [-0.39, 0.29) is 18.1 Å². The molecule has 0 bridgehead atoms. The second-order valence-corrected chi connectivity index (χ2v) is 9.93. The van der Waals surface area contributed by atoms with Gasteiger partial charge < -0.3 is 30.7 Å². The number of likely N-dealkylation sites (tertiary alicyclic amines) is 1. The van der Waals surface area contributed by atoms with E-state index in [9.17, 15) is 18.4 Å². The van der Waals surface area contributed by atoms with E-state index in [1.807, 2.05) is 29.3 Å². The van der Waals surface area contributed by atoms with Gasteiger partial charge in [-0.2, -0.15) is 0 Å². The van der Waals surface area contributed by atoms with Crippen molar-refractivity contribution >= 4 is 24.9 Å². The third kappa shape index (κ3) is 12.3. The van der Waals surface area contributed by atoms with Crippen molar-refractivity contribution in [2.45, 2.75) is 51.6 Å². The smallest absolute Gasteiger partial charge is 0.227 e. The van der Waals surface area contributed by atoms with Crippen molar-refractivity contribution < 1.29 is 32.6 Å². The van der Waals surface area contributed by atoms with Crippen molar-refractivity contribution in [2.24, 2.45) is 16.6 Å². The van der Waals surface area contributed by atoms with Gasteiger partial charge in [-0.3, -0.25) is 19.4 Å². The van der Waals surface area contributed by atoms with Gasteiger partial charge in [0.25, 0.3) is 0 Å². The number of nitrogens with two attached hydrogens (primary N) is 1. The summed E-state index contributed by atoms with van der Waals surface area (Å²) in [7, 11) is 1.32. The van der Waals surface area contributed by atoms with Crippen LogP contribution in [0.1, 0.15) is 32.3 Å². The number of aliphatic imine (C=N–C) groups is 1. The van der Waals surface area contributed by atoms with E-state index in [0.29, 0.717) is 43.1 Å². The fourth-order valence-corrected chi connectivity index (χ4v) is 4.51. The van der Waals surface area contributed by atoms with Crippen LogP contribution in [0.25, 0.3) is 0 Å². The number of fused-ring (bicyclic) bond motifs is 1. The number of alkyl halides is 1. The molecule has 12 heteroatoms. The van der Waals surface area contributed by atoms with E-state index in [1.54, 1.807) is 36.5 Å². The van der Waals surface area contributed by atoms with Crippen molar-refractivity contribution in [3.63, 3.8) is 0 Å². The second kappa shape index (κ2) is 19.6. The summed E-state index contributed by atoms with van der Waals surface area (Å²) in [5.41, 5.74) is 6.10. The largest absolute Gasteiger partial charge is 0.454 e. The number of nitrogens with one attached hydrogen (secondary N) is 2. The molecule has 0 aromatic heterocycles. The fourth-order valence-electron chi connectivity index (χ4n) is 4.51. The molecule has 4 atom stereocenters. The molecule has 44 heavy (non-hydrogen) atoms. The van der Waals surface area contributed by atoms with Crippen LogP contribution in [0.15, 0.2) is 77.6 Å². The molecule has 4 unspecified atom stereocenters. The van der Waals surface area contributed by atoms with Crippen LogP contribution in [-0.2, 0) is 25.5 Å². The van der Waals surface area contributed by atoms with Crippen molar-refractivity contribution in [2.75, 3.05) is 20.2 Å². The predicted octanol–water partition coefficient (Wildman–Crippen LogP) is 4.02. The number of hydrogen-bond donors (Lipinski definition) is 3. The van der Waals surface area contributed by atoms with E-state index in [1.165, 1.54) is 20.1 Å². The number of ether oxygens (including phenoxy) is 2. The molecule has 0 aliphatic carbocycles. The molecule has 5 rings (SSSR count). The van der Waals surface area contributed by atoms with E-state index >= 15 is 0 Å². The van der Waals surface area contributed by atoms with Crippen LogP contribution in [0.5, 0.6) is 11.5 Å². The lowest BCUT2D eigenvalue weighted by molar-refractivity contribution is -0.131. The summed E-state index contributed by atoms with van der Waals surface area (Å²) in [5, 5.41) is 5.91. The molecule has 2 aromatic rings. The zero-order valence-corrected chi connectivity index (χ0v) is 25.2. The lowest BCUT2D eigenvalue weighted by Gasteiger charge is -2.21. The molecule has 3 heterocycles. The summed E-state index contributed by atoms with van der Waals surface area (Å²) < 4.78 is 34.5. The maximum absolute atomic E-state index is 13.6. The van der Waals surface area contributed by atoms with E-state index in [4.69, 9.17) is 9.53 Å². The molecule has 1 saturated heterocycles. The third-order valence-corrected chi connectivity index (χ3v) is 6.69. The van der Waals surface area contributed by atoms with Gasteiger partial charge in [0.2, 0.25) is 18.7 Å². The van der Waals surface area contributed by atoms with Crippen LogP contribution in [-0.4, -0.2) is 68.5 Å². The minimum Gasteiger partial charge on any atom is -0.454 e. The highest BCUT2D eigenvalue weighted by Gasteiger charge is 2.25. The first kappa shape index (κ1) is 35.6. The molecule has 0 saturated carbocycles. The number of amides is 3. The Kier molecular flexibility index (Phi) is 15.8. The number of nitrogens with zero attached hydrogens (tertiary/aromatic N) is 2. The summed E-state index contributed by atoms with van der Waals surface area (Å²) in [6.07, 6.45) is 10.1. The van der Waals surface area contributed by atoms with Gasteiger partial charge in [0.1, 0.15) is 5.75 Å². The minimum atomic E-state index is -1.12. The average Bonchev–Trinajstić information content (AvgIpc) is 3.64. The Hall–Kier alpha value is -4.58. The number of benzene rings is 2. The van der Waals surface area contributed by atoms with Gasteiger partial charge in [0, 0.05) is 43.7 Å². The van der Waals surface area contributed by atoms with Gasteiger partial charge in [-0.05, 0) is 62.6 Å². The Bertz CT molecular complexity index is 1290. The molecule has 1 fully saturated rings. The molecular formula is C32H41F2N5O5. The molecule has 0 radical (unpaired) electrons. The van der Waals surface area contributed by atoms with Gasteiger partial charge in [-0.1, -0.05) is 30.3 Å². The predicted molar refractivity (Wildman–Crippen MR) is 165 cm³/mol. The van der Waals surface area contributed by atoms with Crippen LogP contribution in [0.2, 0.25) is 0 Å². The average molecular weight is 614 g/mol. The van der Waals surface area contributed by atoms with Gasteiger partial charge in [0.05, 0.1) is 19.0 Å². The number of halogens is 2. The monoisotopic (exact) mass is 613 g/mol. The Labute approximate surface area is 257 Å². The number of carbonyl (C=O) groups excluding carboxylic acids is 3. The lowest BCUT2D eigenvalue weighted by Crippen LogP contribution is -2.34. The van der Waals surface area contributed by atoms with Crippen molar-refractivity contribution in [3.8, 4) is 11.5 Å². The standard InChI is InChI=1S/C19H20FNO2.C9H11N3O.C3H7FO.CH3NO/c1-14-6-5-11-21(14)19(22)13-15-7-4-8-16(12-15)23-18-10-3-2-9-17(18)20;13-6-11-5-8-3-7-4-10-2-1-9(7)12-8;1-3(4)5-2;2-1-3/h2-4,7-10,12,14H,5-6,11,13H2,1H3;1-4,6-7,9,12H,5H2,(H,11,13);3H,1-2H3;1H,(H2,2,3). The highest BCUT2D eigenvalue weighted by Crippen LogP contribution is 2.25. The third-order valence-electron chi connectivity index (χ3n) is 6.69. The lowest BCUT2D eigenvalue weighted by atomic mass is 10.0. The number of hydrogen-bond acceptors (Lipinski definition) is 7. The topological polar surface area (TPSA) is 135 Å². The fraction of sp³-hybridized carbons (Fsp3) is 0.375. The molecule has 10 nitrogen and oxygen atoms in total. The SMILES string of the molecule is CC1CCCN1C(=O)Cc1cccc(Oc2ccccc2F)c1.COC(C)F.NC=O.O=CNCC1=CC2C=NC=CC2N1. The Morgan fingerprint density at radius 2 is 1.98 bits per heavy atom. The first-order valence-corrected chi connectivity index (χ1v) is 14.2. The normalized spacial score (nSPS) is 19.6. The number of para-hydroxylation sites is 1. The number of rotatable bonds is 8. The molecule has 2 aromatic carbocycles. The van der Waals surface area contributed by atoms with E-state index in [0.717, 1.165) is 30.6 Å². The first-order chi connectivity index (χ1) is 21.2. The zero-order chi connectivity index (χ0) is 32.3. The Balaban J connectivity index is 0.000000269.